The predicted molar refractivity (Wildman–Crippen MR) is 86.9 cm³/mol. The standard InChI is InChI=1S/C18H23FN2O3/c19-16-5-3-13(9-14(16)11-24-10-12-1-2-12)18(23)20-8-7-15-4-6-17(22)21-15/h3,5,9,12,15H,1-2,4,6-8,10-11H2,(H,20,23)(H,21,22). The molecule has 1 saturated heterocycles. The van der Waals surface area contributed by atoms with E-state index in [-0.39, 0.29) is 30.3 Å². The highest BCUT2D eigenvalue weighted by molar-refractivity contribution is 5.94. The fraction of sp³-hybridized carbons (Fsp3) is 0.556. The highest BCUT2D eigenvalue weighted by Crippen LogP contribution is 2.29. The lowest BCUT2D eigenvalue weighted by atomic mass is 10.1. The smallest absolute Gasteiger partial charge is 0.251 e. The van der Waals surface area contributed by atoms with Crippen molar-refractivity contribution >= 4 is 11.8 Å². The Morgan fingerprint density at radius 1 is 1.33 bits per heavy atom. The number of carbonyl (C=O) groups excluding carboxylic acids is 2. The Balaban J connectivity index is 1.47. The number of hydrogen-bond acceptors (Lipinski definition) is 3. The van der Waals surface area contributed by atoms with Crippen LogP contribution in [0.5, 0.6) is 0 Å². The van der Waals surface area contributed by atoms with E-state index in [1.807, 2.05) is 0 Å². The van der Waals surface area contributed by atoms with Crippen molar-refractivity contribution < 1.29 is 18.7 Å². The summed E-state index contributed by atoms with van der Waals surface area (Å²) in [5, 5.41) is 5.68. The normalized spacial score (nSPS) is 20.0. The zero-order valence-corrected chi connectivity index (χ0v) is 13.6. The first-order valence-electron chi connectivity index (χ1n) is 8.55. The van der Waals surface area contributed by atoms with Gasteiger partial charge in [0.15, 0.2) is 0 Å². The van der Waals surface area contributed by atoms with Gasteiger partial charge in [0.1, 0.15) is 5.82 Å². The van der Waals surface area contributed by atoms with Crippen LogP contribution in [0, 0.1) is 11.7 Å². The lowest BCUT2D eigenvalue weighted by Crippen LogP contribution is -2.32. The van der Waals surface area contributed by atoms with Crippen LogP contribution in [-0.4, -0.2) is 31.0 Å². The second-order valence-electron chi connectivity index (χ2n) is 6.61. The third kappa shape index (κ3) is 4.77. The van der Waals surface area contributed by atoms with E-state index < -0.39 is 0 Å². The van der Waals surface area contributed by atoms with Crippen molar-refractivity contribution in [2.75, 3.05) is 13.2 Å². The highest BCUT2D eigenvalue weighted by atomic mass is 19.1. The van der Waals surface area contributed by atoms with Crippen LogP contribution in [0.1, 0.15) is 48.0 Å². The number of carbonyl (C=O) groups is 2. The van der Waals surface area contributed by atoms with Crippen molar-refractivity contribution in [3.05, 3.63) is 35.1 Å². The number of amides is 2. The molecule has 2 amide bonds. The van der Waals surface area contributed by atoms with Crippen LogP contribution in [0.25, 0.3) is 0 Å². The Morgan fingerprint density at radius 3 is 2.88 bits per heavy atom. The van der Waals surface area contributed by atoms with Gasteiger partial charge in [0, 0.05) is 36.7 Å². The van der Waals surface area contributed by atoms with Gasteiger partial charge < -0.3 is 15.4 Å². The predicted octanol–water partition coefficient (Wildman–Crippen LogP) is 2.15. The van der Waals surface area contributed by atoms with Crippen molar-refractivity contribution in [2.24, 2.45) is 5.92 Å². The van der Waals surface area contributed by atoms with Crippen LogP contribution < -0.4 is 10.6 Å². The number of halogens is 1. The van der Waals surface area contributed by atoms with E-state index in [4.69, 9.17) is 4.74 Å². The van der Waals surface area contributed by atoms with Gasteiger partial charge in [0.2, 0.25) is 5.91 Å². The number of ether oxygens (including phenoxy) is 1. The second-order valence-corrected chi connectivity index (χ2v) is 6.61. The van der Waals surface area contributed by atoms with Gasteiger partial charge in [-0.1, -0.05) is 0 Å². The summed E-state index contributed by atoms with van der Waals surface area (Å²) < 4.78 is 19.3. The van der Waals surface area contributed by atoms with E-state index in [0.717, 1.165) is 6.42 Å². The molecule has 1 aromatic rings. The van der Waals surface area contributed by atoms with E-state index in [2.05, 4.69) is 10.6 Å². The molecule has 2 fully saturated rings. The van der Waals surface area contributed by atoms with Gasteiger partial charge in [-0.25, -0.2) is 4.39 Å². The maximum atomic E-state index is 13.8. The second kappa shape index (κ2) is 7.75. The molecular formula is C18H23FN2O3. The first-order valence-corrected chi connectivity index (χ1v) is 8.55. The van der Waals surface area contributed by atoms with Gasteiger partial charge in [0.25, 0.3) is 5.91 Å². The molecule has 3 rings (SSSR count). The molecule has 1 heterocycles. The average Bonchev–Trinajstić information content (AvgIpc) is 3.30. The van der Waals surface area contributed by atoms with Crippen LogP contribution in [0.4, 0.5) is 4.39 Å². The number of nitrogens with one attached hydrogen (secondary N) is 2. The van der Waals surface area contributed by atoms with Gasteiger partial charge in [-0.2, -0.15) is 0 Å². The minimum atomic E-state index is -0.351. The fourth-order valence-corrected chi connectivity index (χ4v) is 2.80. The van der Waals surface area contributed by atoms with Crippen molar-refractivity contribution in [1.29, 1.82) is 0 Å². The largest absolute Gasteiger partial charge is 0.376 e. The third-order valence-corrected chi connectivity index (χ3v) is 4.48. The molecule has 6 heteroatoms. The van der Waals surface area contributed by atoms with Gasteiger partial charge in [-0.05, 0) is 49.8 Å². The Morgan fingerprint density at radius 2 is 2.17 bits per heavy atom. The maximum absolute atomic E-state index is 13.8. The van der Waals surface area contributed by atoms with Crippen molar-refractivity contribution in [3.8, 4) is 0 Å². The zero-order chi connectivity index (χ0) is 16.9. The van der Waals surface area contributed by atoms with Crippen LogP contribution in [0.2, 0.25) is 0 Å². The molecule has 0 spiro atoms. The highest BCUT2D eigenvalue weighted by Gasteiger charge is 2.22. The molecule has 0 radical (unpaired) electrons. The summed E-state index contributed by atoms with van der Waals surface area (Å²) in [6, 6.07) is 4.47. The lowest BCUT2D eigenvalue weighted by Gasteiger charge is -2.11. The van der Waals surface area contributed by atoms with E-state index in [9.17, 15) is 14.0 Å². The van der Waals surface area contributed by atoms with Crippen molar-refractivity contribution in [1.82, 2.24) is 10.6 Å². The molecule has 5 nitrogen and oxygen atoms in total. The quantitative estimate of drug-likeness (QED) is 0.765. The Kier molecular flexibility index (Phi) is 5.45. The number of hydrogen-bond donors (Lipinski definition) is 2. The molecule has 1 aliphatic heterocycles. The zero-order valence-electron chi connectivity index (χ0n) is 13.6. The molecule has 130 valence electrons. The van der Waals surface area contributed by atoms with Gasteiger partial charge in [-0.15, -0.1) is 0 Å². The lowest BCUT2D eigenvalue weighted by molar-refractivity contribution is -0.119. The monoisotopic (exact) mass is 334 g/mol. The third-order valence-electron chi connectivity index (χ3n) is 4.48. The summed E-state index contributed by atoms with van der Waals surface area (Å²) in [7, 11) is 0. The Labute approximate surface area is 141 Å². The van der Waals surface area contributed by atoms with Gasteiger partial charge >= 0.3 is 0 Å². The summed E-state index contributed by atoms with van der Waals surface area (Å²) in [6.45, 7) is 1.33. The molecule has 2 aliphatic rings. The average molecular weight is 334 g/mol. The Bertz CT molecular complexity index is 616. The summed E-state index contributed by atoms with van der Waals surface area (Å²) in [4.78, 5) is 23.3. The molecule has 24 heavy (non-hydrogen) atoms. The first-order chi connectivity index (χ1) is 11.6. The van der Waals surface area contributed by atoms with Gasteiger partial charge in [-0.3, -0.25) is 9.59 Å². The van der Waals surface area contributed by atoms with Gasteiger partial charge in [0.05, 0.1) is 6.61 Å². The van der Waals surface area contributed by atoms with Crippen LogP contribution in [-0.2, 0) is 16.1 Å². The van der Waals surface area contributed by atoms with Crippen molar-refractivity contribution in [3.63, 3.8) is 0 Å². The minimum absolute atomic E-state index is 0.0701. The molecule has 1 saturated carbocycles. The van der Waals surface area contributed by atoms with Crippen LogP contribution >= 0.6 is 0 Å². The molecule has 0 aromatic heterocycles. The molecule has 1 atom stereocenters. The first kappa shape index (κ1) is 16.9. The summed E-state index contributed by atoms with van der Waals surface area (Å²) in [5.41, 5.74) is 0.836. The SMILES string of the molecule is O=C1CCC(CCNC(=O)c2ccc(F)c(COCC3CC3)c2)N1. The van der Waals surface area contributed by atoms with E-state index in [1.54, 1.807) is 6.07 Å². The summed E-state index contributed by atoms with van der Waals surface area (Å²) in [6.07, 6.45) is 4.45. The molecular weight excluding hydrogens is 311 g/mol. The van der Waals surface area contributed by atoms with E-state index >= 15 is 0 Å². The molecule has 2 N–H and O–H groups in total. The number of benzene rings is 1. The maximum Gasteiger partial charge on any atom is 0.251 e. The van der Waals surface area contributed by atoms with Crippen molar-refractivity contribution in [2.45, 2.75) is 44.8 Å². The topological polar surface area (TPSA) is 67.4 Å². The molecule has 1 unspecified atom stereocenters. The van der Waals surface area contributed by atoms with Crippen LogP contribution in [0.3, 0.4) is 0 Å². The Hall–Kier alpha value is -1.95. The molecule has 0 bridgehead atoms. The molecule has 1 aromatic carbocycles. The van der Waals surface area contributed by atoms with Crippen LogP contribution in [0.15, 0.2) is 18.2 Å². The minimum Gasteiger partial charge on any atom is -0.376 e. The fourth-order valence-electron chi connectivity index (χ4n) is 2.80. The number of rotatable bonds is 8. The summed E-state index contributed by atoms with van der Waals surface area (Å²) in [5.74, 6) is 0.107. The van der Waals surface area contributed by atoms with E-state index in [1.165, 1.54) is 25.0 Å². The molecule has 1 aliphatic carbocycles. The van der Waals surface area contributed by atoms with E-state index in [0.29, 0.717) is 43.0 Å². The summed E-state index contributed by atoms with van der Waals surface area (Å²) >= 11 is 0.